The number of morpholine rings is 1. The highest BCUT2D eigenvalue weighted by Gasteiger charge is 2.43. The maximum absolute atomic E-state index is 13.5. The smallest absolute Gasteiger partial charge is 0.273 e. The van der Waals surface area contributed by atoms with Gasteiger partial charge in [-0.2, -0.15) is 0 Å². The number of para-hydroxylation sites is 4. The largest absolute Gasteiger partial charge is 0.378 e. The van der Waals surface area contributed by atoms with Crippen LogP contribution in [0.25, 0.3) is 45.6 Å². The first-order valence-electron chi connectivity index (χ1n) is 42.3. The molecule has 11 heterocycles. The van der Waals surface area contributed by atoms with Crippen LogP contribution in [0.4, 0.5) is 46.0 Å². The molecular weight excluding hydrogens is 1570 g/mol. The summed E-state index contributed by atoms with van der Waals surface area (Å²) in [6, 6.07) is 62.3. The van der Waals surface area contributed by atoms with E-state index in [4.69, 9.17) is 34.6 Å². The van der Waals surface area contributed by atoms with Crippen LogP contribution in [0.5, 0.6) is 0 Å². The quantitative estimate of drug-likeness (QED) is 0.119. The Kier molecular flexibility index (Phi) is 24.6. The summed E-state index contributed by atoms with van der Waals surface area (Å²) in [4.78, 5) is 157. The molecule has 0 aliphatic carbocycles. The number of aryl methyl sites for hydroxylation is 8. The van der Waals surface area contributed by atoms with E-state index in [1.807, 2.05) is 254 Å². The van der Waals surface area contributed by atoms with Gasteiger partial charge >= 0.3 is 0 Å². The third kappa shape index (κ3) is 17.5. The summed E-state index contributed by atoms with van der Waals surface area (Å²) < 4.78 is 5.40. The van der Waals surface area contributed by atoms with Crippen molar-refractivity contribution in [2.45, 2.75) is 100 Å². The van der Waals surface area contributed by atoms with E-state index in [-0.39, 0.29) is 78.6 Å². The number of piperazine rings is 1. The number of nitrogens with zero attached hydrogens (tertiary/aromatic N) is 16. The van der Waals surface area contributed by atoms with Gasteiger partial charge in [0.15, 0.2) is 23.3 Å². The van der Waals surface area contributed by atoms with Gasteiger partial charge < -0.3 is 29.7 Å². The number of carbonyl (C=O) groups is 8. The number of ether oxygens (including phenoxy) is 1. The van der Waals surface area contributed by atoms with Gasteiger partial charge in [0.05, 0.1) is 61.6 Å². The summed E-state index contributed by atoms with van der Waals surface area (Å²) in [6.45, 7) is 22.1. The van der Waals surface area contributed by atoms with Crippen molar-refractivity contribution in [1.29, 1.82) is 0 Å². The highest BCUT2D eigenvalue weighted by atomic mass is 16.5. The van der Waals surface area contributed by atoms with Crippen LogP contribution in [0, 0.1) is 55.4 Å². The zero-order valence-electron chi connectivity index (χ0n) is 71.8. The van der Waals surface area contributed by atoms with E-state index in [0.29, 0.717) is 125 Å². The lowest BCUT2D eigenvalue weighted by Crippen LogP contribution is -2.46. The molecule has 26 nitrogen and oxygen atoms in total. The number of rotatable bonds is 12. The molecule has 0 bridgehead atoms. The van der Waals surface area contributed by atoms with Gasteiger partial charge in [-0.25, -0.2) is 39.9 Å². The molecule has 4 aromatic heterocycles. The van der Waals surface area contributed by atoms with E-state index in [1.54, 1.807) is 43.5 Å². The number of hydrogen-bond donors (Lipinski definition) is 1. The van der Waals surface area contributed by atoms with E-state index < -0.39 is 0 Å². The van der Waals surface area contributed by atoms with Crippen LogP contribution in [0.1, 0.15) is 128 Å². The minimum absolute atomic E-state index is 0.0858. The summed E-state index contributed by atoms with van der Waals surface area (Å²) in [7, 11) is 3.36. The maximum atomic E-state index is 13.5. The van der Waals surface area contributed by atoms with Crippen LogP contribution < -0.4 is 24.9 Å². The first-order valence-corrected chi connectivity index (χ1v) is 42.3. The number of likely N-dealkylation sites (tertiary alicyclic amines) is 1. The predicted molar refractivity (Wildman–Crippen MR) is 480 cm³/mol. The number of hydrogen-bond acceptors (Lipinski definition) is 18. The molecule has 3 saturated heterocycles. The zero-order valence-corrected chi connectivity index (χ0v) is 71.8. The lowest BCUT2D eigenvalue weighted by atomic mass is 10.1. The lowest BCUT2D eigenvalue weighted by Gasteiger charge is -2.28. The average Bonchev–Trinajstić information content (AvgIpc) is 1.50. The van der Waals surface area contributed by atoms with Gasteiger partial charge in [0.1, 0.15) is 46.0 Å². The molecule has 0 radical (unpaired) electrons. The molecule has 26 heteroatoms. The summed E-state index contributed by atoms with van der Waals surface area (Å²) in [5.41, 5.74) is 18.4. The van der Waals surface area contributed by atoms with Gasteiger partial charge in [-0.1, -0.05) is 192 Å². The Bertz CT molecular complexity index is 5770. The number of anilines is 8. The number of carbonyl (C=O) groups excluding carboxylic acids is 8. The molecule has 632 valence electrons. The van der Waals surface area contributed by atoms with Crippen molar-refractivity contribution in [1.82, 2.24) is 64.8 Å². The van der Waals surface area contributed by atoms with Gasteiger partial charge in [0.25, 0.3) is 23.6 Å². The van der Waals surface area contributed by atoms with E-state index in [1.165, 1.54) is 4.90 Å². The molecule has 0 atom stereocenters. The van der Waals surface area contributed by atoms with Crippen LogP contribution in [0.15, 0.2) is 194 Å². The van der Waals surface area contributed by atoms with Crippen LogP contribution >= 0.6 is 0 Å². The Hall–Kier alpha value is -14.2. The minimum atomic E-state index is -0.239. The summed E-state index contributed by atoms with van der Waals surface area (Å²) in [6.07, 6.45) is 3.59. The molecule has 19 rings (SSSR count). The normalized spacial score (nSPS) is 15.1. The molecule has 8 amide bonds. The number of fused-ring (bicyclic) bond motifs is 4. The minimum Gasteiger partial charge on any atom is -0.378 e. The lowest BCUT2D eigenvalue weighted by molar-refractivity contribution is -0.117. The predicted octanol–water partition coefficient (Wildman–Crippen LogP) is 14.8. The van der Waals surface area contributed by atoms with Crippen molar-refractivity contribution in [3.63, 3.8) is 0 Å². The van der Waals surface area contributed by atoms with Gasteiger partial charge in [-0.15, -0.1) is 0 Å². The number of nitrogens with one attached hydrogen (secondary N) is 1. The van der Waals surface area contributed by atoms with Crippen LogP contribution in [0.2, 0.25) is 0 Å². The number of aromatic nitrogens is 8. The SMILES string of the molecule is Cc1ccc(-c2nc(C(=O)N(C)C)c3c(n2)N(c2ccccc2C)C(=O)C3)cc1.Cc1ccc(-c2nc(C(=O)N3CCCCC3)c3c(n2)N(c2ccccc2C)C(=O)C3)cc1.Cc1ccc(-c2nc(C(=O)N3CCNCC3)c3c(n2)N(c2ccccc2C)C(=O)C3)cc1.Cc1ccc(-c2nc(C(=O)N3CCOCC3)c3c(n2)N(c2ccccc2C)C(=O)C3)cc1. The monoisotopic (exact) mass is 1670 g/mol. The molecule has 7 aliphatic heterocycles. The molecule has 1 N–H and O–H groups in total. The maximum Gasteiger partial charge on any atom is 0.273 e. The van der Waals surface area contributed by atoms with Crippen molar-refractivity contribution >= 4 is 93.3 Å². The highest BCUT2D eigenvalue weighted by molar-refractivity contribution is 6.14. The molecular formula is C99H97N17O9. The third-order valence-electron chi connectivity index (χ3n) is 23.3. The van der Waals surface area contributed by atoms with Crippen LogP contribution in [-0.2, 0) is 49.6 Å². The van der Waals surface area contributed by atoms with E-state index >= 15 is 0 Å². The number of amides is 8. The third-order valence-corrected chi connectivity index (χ3v) is 23.3. The average molecular weight is 1670 g/mol. The van der Waals surface area contributed by atoms with E-state index in [9.17, 15) is 38.4 Å². The molecule has 0 saturated carbocycles. The van der Waals surface area contributed by atoms with Crippen LogP contribution in [0.3, 0.4) is 0 Å². The Morgan fingerprint density at radius 2 is 0.568 bits per heavy atom. The van der Waals surface area contributed by atoms with Crippen molar-refractivity contribution in [2.75, 3.05) is 99.3 Å². The fourth-order valence-electron chi connectivity index (χ4n) is 16.4. The second kappa shape index (κ2) is 36.4. The van der Waals surface area contributed by atoms with E-state index in [0.717, 1.165) is 135 Å². The Morgan fingerprint density at radius 1 is 0.312 bits per heavy atom. The van der Waals surface area contributed by atoms with Gasteiger partial charge in [-0.05, 0) is 121 Å². The van der Waals surface area contributed by atoms with Gasteiger partial charge in [0.2, 0.25) is 23.6 Å². The second-order valence-electron chi connectivity index (χ2n) is 32.5. The summed E-state index contributed by atoms with van der Waals surface area (Å²) in [5, 5.41) is 3.27. The fourth-order valence-corrected chi connectivity index (χ4v) is 16.4. The molecule has 125 heavy (non-hydrogen) atoms. The summed E-state index contributed by atoms with van der Waals surface area (Å²) >= 11 is 0. The Morgan fingerprint density at radius 3 is 0.848 bits per heavy atom. The zero-order chi connectivity index (χ0) is 87.4. The molecule has 0 unspecified atom stereocenters. The van der Waals surface area contributed by atoms with Gasteiger partial charge in [0, 0.05) is 111 Å². The molecule has 0 spiro atoms. The van der Waals surface area contributed by atoms with E-state index in [2.05, 4.69) is 15.3 Å². The first kappa shape index (κ1) is 84.4. The number of piperidine rings is 1. The van der Waals surface area contributed by atoms with Crippen molar-refractivity contribution in [3.05, 3.63) is 284 Å². The van der Waals surface area contributed by atoms with Gasteiger partial charge in [-0.3, -0.25) is 58.0 Å². The Balaban J connectivity index is 0.000000123. The molecule has 8 aromatic carbocycles. The number of benzene rings is 8. The Labute approximate surface area is 726 Å². The van der Waals surface area contributed by atoms with Crippen molar-refractivity contribution < 1.29 is 43.1 Å². The molecule has 7 aliphatic rings. The van der Waals surface area contributed by atoms with Crippen molar-refractivity contribution in [2.24, 2.45) is 0 Å². The fraction of sp³-hybridized carbons (Fsp3) is 0.273. The highest BCUT2D eigenvalue weighted by Crippen LogP contribution is 2.44. The second-order valence-corrected chi connectivity index (χ2v) is 32.5. The van der Waals surface area contributed by atoms with Crippen molar-refractivity contribution in [3.8, 4) is 45.6 Å². The topological polar surface area (TPSA) is 287 Å². The first-order chi connectivity index (χ1) is 60.4. The standard InChI is InChI=1S/C26H26N4O2.C25H25N5O2.C25H24N4O3.C23H22N4O2/c1-17-10-12-19(13-11-17)24-27-23(26(32)29-14-6-3-7-15-29)20-16-22(31)30(25(20)28-24)21-9-5-4-8-18(21)2;1-16-7-9-18(10-8-16)23-27-22(25(32)29-13-11-26-12-14-29)19-15-21(31)30(24(19)28-23)20-6-4-3-5-17(20)2;1-16-7-9-18(10-8-16)23-26-22(25(31)28-11-13-32-14-12-28)19-15-21(30)29(24(19)27-23)20-6-4-3-5-17(20)2;1-14-9-11-16(12-10-14)21-24-20(23(29)26(3)4)17-13-19(28)27(22(17)25-21)18-8-6-5-7-15(18)2/h4-5,8-13H,3,6-7,14-16H2,1-2H3;3-10,26H,11-15H2,1-2H3;3-10H,11-15H2,1-2H3;5-12H,13H2,1-4H3. The molecule has 12 aromatic rings. The molecule has 3 fully saturated rings. The summed E-state index contributed by atoms with van der Waals surface area (Å²) in [5.74, 6) is 2.73. The van der Waals surface area contributed by atoms with Crippen LogP contribution in [-0.4, -0.2) is 186 Å².